The van der Waals surface area contributed by atoms with Crippen LogP contribution in [-0.2, 0) is 0 Å². The third-order valence-electron chi connectivity index (χ3n) is 9.41. The molecular formula is C24H32O5. The Hall–Kier alpha value is -1.43. The van der Waals surface area contributed by atoms with Gasteiger partial charge in [-0.2, -0.15) is 0 Å². The molecule has 5 heteroatoms. The van der Waals surface area contributed by atoms with Crippen LogP contribution in [0.3, 0.4) is 0 Å². The standard InChI is InChI=1S/C24H32O5/c1-22-9-7-19-20(4-3-16-12-17(26)6-10-23(16,19)14-25)24(22,28)11-8-18(22)15-2-5-21(27)29-13-15/h2,5,12-13,17-20,25-26,28H,3-4,6-11,14H2,1H3/t17-,18-,19?,20?,22-,23-,24+/m1/s1. The van der Waals surface area contributed by atoms with Gasteiger partial charge in [-0.15, -0.1) is 0 Å². The topological polar surface area (TPSA) is 90.9 Å². The van der Waals surface area contributed by atoms with Crippen LogP contribution in [0, 0.1) is 22.7 Å². The molecule has 5 nitrogen and oxygen atoms in total. The summed E-state index contributed by atoms with van der Waals surface area (Å²) in [7, 11) is 0. The highest BCUT2D eigenvalue weighted by Crippen LogP contribution is 2.70. The first-order valence-corrected chi connectivity index (χ1v) is 11.2. The molecule has 0 amide bonds. The van der Waals surface area contributed by atoms with Gasteiger partial charge >= 0.3 is 5.63 Å². The summed E-state index contributed by atoms with van der Waals surface area (Å²) in [6.45, 7) is 2.32. The minimum Gasteiger partial charge on any atom is -0.431 e. The maximum atomic E-state index is 12.2. The van der Waals surface area contributed by atoms with Crippen LogP contribution in [0.5, 0.6) is 0 Å². The summed E-state index contributed by atoms with van der Waals surface area (Å²) < 4.78 is 5.15. The van der Waals surface area contributed by atoms with E-state index >= 15 is 0 Å². The Morgan fingerprint density at radius 2 is 1.93 bits per heavy atom. The molecule has 3 saturated carbocycles. The zero-order valence-electron chi connectivity index (χ0n) is 17.1. The van der Waals surface area contributed by atoms with E-state index in [1.165, 1.54) is 11.6 Å². The Morgan fingerprint density at radius 3 is 2.66 bits per heavy atom. The second-order valence-electron chi connectivity index (χ2n) is 10.2. The van der Waals surface area contributed by atoms with E-state index in [1.54, 1.807) is 6.26 Å². The molecular weight excluding hydrogens is 368 g/mol. The van der Waals surface area contributed by atoms with E-state index in [0.717, 1.165) is 50.5 Å². The first-order chi connectivity index (χ1) is 13.8. The number of rotatable bonds is 2. The quantitative estimate of drug-likeness (QED) is 0.664. The fraction of sp³-hybridized carbons (Fsp3) is 0.708. The summed E-state index contributed by atoms with van der Waals surface area (Å²) in [5.74, 6) is 0.583. The second-order valence-corrected chi connectivity index (χ2v) is 10.2. The Kier molecular flexibility index (Phi) is 4.40. The van der Waals surface area contributed by atoms with Gasteiger partial charge in [0.25, 0.3) is 0 Å². The summed E-state index contributed by atoms with van der Waals surface area (Å²) in [6, 6.07) is 3.34. The molecule has 0 saturated heterocycles. The highest BCUT2D eigenvalue weighted by molar-refractivity contribution is 5.31. The molecule has 0 aliphatic heterocycles. The SMILES string of the molecule is C[C@]12CCC3C(CCC4=C[C@H](O)CC[C@@]43CO)[C@@]1(O)CC[C@@H]2c1ccc(=O)oc1. The molecule has 4 aliphatic carbocycles. The average molecular weight is 401 g/mol. The first kappa shape index (κ1) is 19.5. The van der Waals surface area contributed by atoms with E-state index in [4.69, 9.17) is 4.42 Å². The number of fused-ring (bicyclic) bond motifs is 5. The largest absolute Gasteiger partial charge is 0.431 e. The van der Waals surface area contributed by atoms with E-state index in [-0.39, 0.29) is 40.8 Å². The van der Waals surface area contributed by atoms with Crippen molar-refractivity contribution in [3.8, 4) is 0 Å². The molecule has 1 heterocycles. The van der Waals surface area contributed by atoms with Gasteiger partial charge < -0.3 is 19.7 Å². The van der Waals surface area contributed by atoms with Crippen molar-refractivity contribution in [3.63, 3.8) is 0 Å². The average Bonchev–Trinajstić information content (AvgIpc) is 3.00. The zero-order valence-corrected chi connectivity index (χ0v) is 17.1. The van der Waals surface area contributed by atoms with Crippen molar-refractivity contribution in [2.24, 2.45) is 22.7 Å². The second kappa shape index (κ2) is 6.53. The normalized spacial score (nSPS) is 46.4. The molecule has 0 bridgehead atoms. The molecule has 7 atom stereocenters. The van der Waals surface area contributed by atoms with E-state index < -0.39 is 11.7 Å². The predicted molar refractivity (Wildman–Crippen MR) is 108 cm³/mol. The van der Waals surface area contributed by atoms with Crippen molar-refractivity contribution in [1.29, 1.82) is 0 Å². The minimum atomic E-state index is -0.777. The first-order valence-electron chi connectivity index (χ1n) is 11.2. The lowest BCUT2D eigenvalue weighted by Gasteiger charge is -2.62. The van der Waals surface area contributed by atoms with Gasteiger partial charge in [0, 0.05) is 16.9 Å². The van der Waals surface area contributed by atoms with E-state index in [2.05, 4.69) is 6.92 Å². The monoisotopic (exact) mass is 400 g/mol. The Labute approximate surface area is 171 Å². The van der Waals surface area contributed by atoms with Gasteiger partial charge in [0.2, 0.25) is 0 Å². The van der Waals surface area contributed by atoms with Crippen molar-refractivity contribution in [2.75, 3.05) is 6.61 Å². The lowest BCUT2D eigenvalue weighted by molar-refractivity contribution is -0.185. The van der Waals surface area contributed by atoms with Gasteiger partial charge in [0.1, 0.15) is 0 Å². The fourth-order valence-corrected chi connectivity index (χ4v) is 7.87. The summed E-state index contributed by atoms with van der Waals surface area (Å²) >= 11 is 0. The molecule has 2 unspecified atom stereocenters. The van der Waals surface area contributed by atoms with Crippen LogP contribution in [0.4, 0.5) is 0 Å². The van der Waals surface area contributed by atoms with Crippen molar-refractivity contribution in [1.82, 2.24) is 0 Å². The summed E-state index contributed by atoms with van der Waals surface area (Å²) in [5.41, 5.74) is 0.561. The van der Waals surface area contributed by atoms with Gasteiger partial charge in [-0.05, 0) is 80.8 Å². The highest BCUT2D eigenvalue weighted by atomic mass is 16.4. The smallest absolute Gasteiger partial charge is 0.335 e. The molecule has 29 heavy (non-hydrogen) atoms. The summed E-state index contributed by atoms with van der Waals surface area (Å²) in [5, 5.41) is 32.8. The van der Waals surface area contributed by atoms with Crippen molar-refractivity contribution in [2.45, 2.75) is 75.9 Å². The van der Waals surface area contributed by atoms with Crippen LogP contribution in [0.2, 0.25) is 0 Å². The van der Waals surface area contributed by atoms with Crippen molar-refractivity contribution in [3.05, 3.63) is 46.0 Å². The van der Waals surface area contributed by atoms with Crippen LogP contribution < -0.4 is 5.63 Å². The number of hydrogen-bond donors (Lipinski definition) is 3. The molecule has 0 spiro atoms. The van der Waals surface area contributed by atoms with Gasteiger partial charge in [-0.3, -0.25) is 0 Å². The van der Waals surface area contributed by atoms with E-state index in [9.17, 15) is 20.1 Å². The zero-order chi connectivity index (χ0) is 20.4. The maximum Gasteiger partial charge on any atom is 0.335 e. The van der Waals surface area contributed by atoms with Crippen LogP contribution in [0.1, 0.15) is 69.8 Å². The van der Waals surface area contributed by atoms with Crippen molar-refractivity contribution >= 4 is 0 Å². The van der Waals surface area contributed by atoms with Gasteiger partial charge in [0.15, 0.2) is 0 Å². The number of aliphatic hydroxyl groups excluding tert-OH is 2. The maximum absolute atomic E-state index is 12.2. The van der Waals surface area contributed by atoms with E-state index in [1.807, 2.05) is 12.1 Å². The lowest BCUT2D eigenvalue weighted by Crippen LogP contribution is -2.61. The molecule has 158 valence electrons. The third-order valence-corrected chi connectivity index (χ3v) is 9.41. The summed E-state index contributed by atoms with van der Waals surface area (Å²) in [4.78, 5) is 11.4. The molecule has 4 aliphatic rings. The number of aliphatic hydroxyl groups is 3. The third kappa shape index (κ3) is 2.53. The molecule has 0 aromatic carbocycles. The number of hydrogen-bond acceptors (Lipinski definition) is 5. The Bertz CT molecular complexity index is 869. The molecule has 0 radical (unpaired) electrons. The molecule has 5 rings (SSSR count). The van der Waals surface area contributed by atoms with Gasteiger partial charge in [-0.25, -0.2) is 4.79 Å². The van der Waals surface area contributed by atoms with Crippen molar-refractivity contribution < 1.29 is 19.7 Å². The lowest BCUT2D eigenvalue weighted by atomic mass is 9.44. The molecule has 1 aromatic heterocycles. The highest BCUT2D eigenvalue weighted by Gasteiger charge is 2.67. The van der Waals surface area contributed by atoms with Crippen LogP contribution >= 0.6 is 0 Å². The fourth-order valence-electron chi connectivity index (χ4n) is 7.87. The van der Waals surface area contributed by atoms with Crippen LogP contribution in [0.15, 0.2) is 39.3 Å². The van der Waals surface area contributed by atoms with E-state index in [0.29, 0.717) is 6.42 Å². The molecule has 3 fully saturated rings. The Morgan fingerprint density at radius 1 is 1.10 bits per heavy atom. The predicted octanol–water partition coefficient (Wildman–Crippen LogP) is 3.13. The summed E-state index contributed by atoms with van der Waals surface area (Å²) in [6.07, 6.45) is 9.92. The Balaban J connectivity index is 1.52. The minimum absolute atomic E-state index is 0.104. The van der Waals surface area contributed by atoms with Crippen LogP contribution in [-0.4, -0.2) is 33.6 Å². The van der Waals surface area contributed by atoms with Crippen LogP contribution in [0.25, 0.3) is 0 Å². The molecule has 3 N–H and O–H groups in total. The van der Waals surface area contributed by atoms with Gasteiger partial charge in [0.05, 0.1) is 24.6 Å². The molecule has 1 aromatic rings. The van der Waals surface area contributed by atoms with Gasteiger partial charge in [-0.1, -0.05) is 18.6 Å².